The Kier molecular flexibility index (Phi) is 6.30. The Morgan fingerprint density at radius 1 is 1.32 bits per heavy atom. The molecule has 1 rings (SSSR count). The third-order valence-electron chi connectivity index (χ3n) is 3.05. The Balaban J connectivity index is 2.14. The monoisotopic (exact) mass is 266 g/mol. The lowest BCUT2D eigenvalue weighted by atomic mass is 10.3. The van der Waals surface area contributed by atoms with Gasteiger partial charge in [-0.2, -0.15) is 5.26 Å². The molecule has 6 nitrogen and oxygen atoms in total. The molecule has 0 spiro atoms. The number of nitrogens with one attached hydrogen (secondary N) is 1. The molecule has 2 amide bonds. The lowest BCUT2D eigenvalue weighted by molar-refractivity contribution is -0.130. The third kappa shape index (κ3) is 6.77. The summed E-state index contributed by atoms with van der Waals surface area (Å²) in [6.45, 7) is 1.33. The van der Waals surface area contributed by atoms with Crippen LogP contribution in [0.4, 0.5) is 0 Å². The fraction of sp³-hybridized carbons (Fsp3) is 0.769. The topological polar surface area (TPSA) is 76.4 Å². The van der Waals surface area contributed by atoms with Gasteiger partial charge in [-0.25, -0.2) is 0 Å². The summed E-state index contributed by atoms with van der Waals surface area (Å²) < 4.78 is 0. The van der Waals surface area contributed by atoms with Crippen molar-refractivity contribution in [3.8, 4) is 6.07 Å². The highest BCUT2D eigenvalue weighted by Gasteiger charge is 2.23. The fourth-order valence-electron chi connectivity index (χ4n) is 1.64. The third-order valence-corrected chi connectivity index (χ3v) is 3.05. The number of rotatable bonds is 8. The average Bonchev–Trinajstić information content (AvgIpc) is 3.16. The molecule has 1 aliphatic rings. The Labute approximate surface area is 114 Å². The van der Waals surface area contributed by atoms with Crippen LogP contribution < -0.4 is 5.32 Å². The largest absolute Gasteiger partial charge is 0.352 e. The number of carbonyl (C=O) groups is 2. The lowest BCUT2D eigenvalue weighted by Crippen LogP contribution is -2.38. The average molecular weight is 266 g/mol. The second kappa shape index (κ2) is 7.74. The molecule has 1 saturated carbocycles. The second-order valence-corrected chi connectivity index (χ2v) is 5.05. The van der Waals surface area contributed by atoms with Gasteiger partial charge in [0.2, 0.25) is 11.8 Å². The minimum Gasteiger partial charge on any atom is -0.352 e. The van der Waals surface area contributed by atoms with E-state index in [2.05, 4.69) is 5.32 Å². The minimum atomic E-state index is 0.00435. The van der Waals surface area contributed by atoms with E-state index in [4.69, 9.17) is 5.26 Å². The van der Waals surface area contributed by atoms with Crippen LogP contribution in [0.25, 0.3) is 0 Å². The van der Waals surface area contributed by atoms with E-state index in [1.54, 1.807) is 11.9 Å². The zero-order chi connectivity index (χ0) is 14.3. The van der Waals surface area contributed by atoms with E-state index < -0.39 is 0 Å². The van der Waals surface area contributed by atoms with Crippen LogP contribution in [0, 0.1) is 11.3 Å². The van der Waals surface area contributed by atoms with Crippen molar-refractivity contribution >= 4 is 11.8 Å². The van der Waals surface area contributed by atoms with Crippen LogP contribution in [0.3, 0.4) is 0 Å². The molecule has 1 aliphatic carbocycles. The van der Waals surface area contributed by atoms with Crippen molar-refractivity contribution in [2.24, 2.45) is 0 Å². The van der Waals surface area contributed by atoms with Crippen LogP contribution in [-0.4, -0.2) is 61.4 Å². The van der Waals surface area contributed by atoms with E-state index in [0.29, 0.717) is 38.5 Å². The van der Waals surface area contributed by atoms with E-state index >= 15 is 0 Å². The number of hydrogen-bond donors (Lipinski definition) is 1. The Hall–Kier alpha value is -1.61. The molecule has 0 aromatic rings. The quantitative estimate of drug-likeness (QED) is 0.669. The van der Waals surface area contributed by atoms with Gasteiger partial charge in [-0.05, 0) is 19.9 Å². The number of likely N-dealkylation sites (N-methyl/N-ethyl adjacent to an activating group) is 1. The van der Waals surface area contributed by atoms with Crippen molar-refractivity contribution in [1.82, 2.24) is 15.1 Å². The molecule has 0 heterocycles. The van der Waals surface area contributed by atoms with Gasteiger partial charge in [-0.3, -0.25) is 14.5 Å². The highest BCUT2D eigenvalue weighted by molar-refractivity contribution is 5.79. The van der Waals surface area contributed by atoms with Gasteiger partial charge in [0.05, 0.1) is 19.0 Å². The van der Waals surface area contributed by atoms with Gasteiger partial charge in [-0.1, -0.05) is 0 Å². The highest BCUT2D eigenvalue weighted by Crippen LogP contribution is 2.18. The number of hydrogen-bond acceptors (Lipinski definition) is 4. The van der Waals surface area contributed by atoms with Gasteiger partial charge in [-0.15, -0.1) is 0 Å². The maximum absolute atomic E-state index is 11.7. The summed E-state index contributed by atoms with van der Waals surface area (Å²) in [5, 5.41) is 11.4. The molecule has 0 atom stereocenters. The lowest BCUT2D eigenvalue weighted by Gasteiger charge is -2.19. The predicted octanol–water partition coefficient (Wildman–Crippen LogP) is -0.0410. The van der Waals surface area contributed by atoms with E-state index in [1.807, 2.05) is 18.0 Å². The Morgan fingerprint density at radius 3 is 2.58 bits per heavy atom. The molecule has 1 N–H and O–H groups in total. The summed E-state index contributed by atoms with van der Waals surface area (Å²) in [4.78, 5) is 26.7. The zero-order valence-corrected chi connectivity index (χ0v) is 11.7. The number of nitriles is 1. The first kappa shape index (κ1) is 15.4. The van der Waals surface area contributed by atoms with Gasteiger partial charge in [0.1, 0.15) is 0 Å². The summed E-state index contributed by atoms with van der Waals surface area (Å²) in [5.41, 5.74) is 0. The molecular formula is C13H22N4O2. The minimum absolute atomic E-state index is 0.00435. The van der Waals surface area contributed by atoms with Crippen molar-refractivity contribution < 1.29 is 9.59 Å². The number of amides is 2. The van der Waals surface area contributed by atoms with E-state index in [9.17, 15) is 9.59 Å². The van der Waals surface area contributed by atoms with Crippen molar-refractivity contribution in [1.29, 1.82) is 5.26 Å². The van der Waals surface area contributed by atoms with Crippen LogP contribution in [0.15, 0.2) is 0 Å². The summed E-state index contributed by atoms with van der Waals surface area (Å²) >= 11 is 0. The molecular weight excluding hydrogens is 244 g/mol. The molecule has 0 saturated heterocycles. The molecule has 0 bridgehead atoms. The molecule has 0 unspecified atom stereocenters. The van der Waals surface area contributed by atoms with Gasteiger partial charge in [0, 0.05) is 32.6 Å². The molecule has 6 heteroatoms. The van der Waals surface area contributed by atoms with Crippen LogP contribution >= 0.6 is 0 Å². The first-order chi connectivity index (χ1) is 9.02. The maximum Gasteiger partial charge on any atom is 0.234 e. The first-order valence-electron chi connectivity index (χ1n) is 6.61. The van der Waals surface area contributed by atoms with Crippen LogP contribution in [-0.2, 0) is 9.59 Å². The first-order valence-corrected chi connectivity index (χ1v) is 6.61. The Morgan fingerprint density at radius 2 is 2.00 bits per heavy atom. The van der Waals surface area contributed by atoms with Crippen LogP contribution in [0.5, 0.6) is 0 Å². The predicted molar refractivity (Wildman–Crippen MR) is 71.1 cm³/mol. The summed E-state index contributed by atoms with van der Waals surface area (Å²) in [5.74, 6) is 0.0278. The zero-order valence-electron chi connectivity index (χ0n) is 11.7. The van der Waals surface area contributed by atoms with E-state index in [0.717, 1.165) is 12.8 Å². The summed E-state index contributed by atoms with van der Waals surface area (Å²) in [6, 6.07) is 2.39. The normalized spacial score (nSPS) is 14.0. The van der Waals surface area contributed by atoms with Gasteiger partial charge in [0.15, 0.2) is 0 Å². The van der Waals surface area contributed by atoms with Gasteiger partial charge >= 0.3 is 0 Å². The molecule has 0 radical (unpaired) electrons. The fourth-order valence-corrected chi connectivity index (χ4v) is 1.64. The molecule has 0 aromatic heterocycles. The standard InChI is InChI=1S/C13H22N4O2/c1-16(10-12(18)15-11-4-5-11)9-6-13(19)17(2)8-3-7-14/h11H,3-6,8-10H2,1-2H3,(H,15,18). The van der Waals surface area contributed by atoms with Crippen molar-refractivity contribution in [3.05, 3.63) is 0 Å². The molecule has 19 heavy (non-hydrogen) atoms. The molecule has 1 fully saturated rings. The maximum atomic E-state index is 11.7. The molecule has 0 aromatic carbocycles. The summed E-state index contributed by atoms with van der Waals surface area (Å²) in [6.07, 6.45) is 2.88. The van der Waals surface area contributed by atoms with Crippen molar-refractivity contribution in [3.63, 3.8) is 0 Å². The SMILES string of the molecule is CN(CCC(=O)N(C)CCC#N)CC(=O)NC1CC1. The molecule has 0 aliphatic heterocycles. The number of nitrogens with zero attached hydrogens (tertiary/aromatic N) is 3. The van der Waals surface area contributed by atoms with Crippen molar-refractivity contribution in [2.75, 3.05) is 33.7 Å². The number of carbonyl (C=O) groups excluding carboxylic acids is 2. The molecule has 106 valence electrons. The van der Waals surface area contributed by atoms with Crippen LogP contribution in [0.1, 0.15) is 25.7 Å². The Bertz CT molecular complexity index is 360. The van der Waals surface area contributed by atoms with Crippen LogP contribution in [0.2, 0.25) is 0 Å². The van der Waals surface area contributed by atoms with E-state index in [1.165, 1.54) is 0 Å². The summed E-state index contributed by atoms with van der Waals surface area (Å²) in [7, 11) is 3.52. The highest BCUT2D eigenvalue weighted by atomic mass is 16.2. The van der Waals surface area contributed by atoms with Gasteiger partial charge in [0.25, 0.3) is 0 Å². The van der Waals surface area contributed by atoms with E-state index in [-0.39, 0.29) is 11.8 Å². The van der Waals surface area contributed by atoms with Crippen molar-refractivity contribution in [2.45, 2.75) is 31.7 Å². The van der Waals surface area contributed by atoms with Gasteiger partial charge < -0.3 is 10.2 Å². The second-order valence-electron chi connectivity index (χ2n) is 5.05. The smallest absolute Gasteiger partial charge is 0.234 e.